The molecule has 0 N–H and O–H groups in total. The first-order valence-electron chi connectivity index (χ1n) is 8.95. The summed E-state index contributed by atoms with van der Waals surface area (Å²) in [5.74, 6) is 0. The second-order valence-electron chi connectivity index (χ2n) is 6.56. The van der Waals surface area contributed by atoms with E-state index in [2.05, 4.69) is 13.8 Å². The molecule has 146 valence electrons. The molecule has 0 bridgehead atoms. The summed E-state index contributed by atoms with van der Waals surface area (Å²) in [5.41, 5.74) is -5.65. The highest BCUT2D eigenvalue weighted by Gasteiger charge is 2.36. The number of rotatable bonds is 8. The third-order valence-electron chi connectivity index (χ3n) is 4.71. The van der Waals surface area contributed by atoms with E-state index in [4.69, 9.17) is 13.0 Å². The topological polar surface area (TPSA) is 57.2 Å². The van der Waals surface area contributed by atoms with Gasteiger partial charge in [0.1, 0.15) is 0 Å². The molecule has 1 aliphatic rings. The Hall–Kier alpha value is -0.340. The Morgan fingerprint density at radius 3 is 1.79 bits per heavy atom. The van der Waals surface area contributed by atoms with Crippen molar-refractivity contribution in [2.75, 3.05) is 26.2 Å². The summed E-state index contributed by atoms with van der Waals surface area (Å²) in [7, 11) is -6.09. The third-order valence-corrected chi connectivity index (χ3v) is 5.27. The van der Waals surface area contributed by atoms with Gasteiger partial charge in [-0.15, -0.1) is 0 Å². The van der Waals surface area contributed by atoms with Crippen molar-refractivity contribution < 1.29 is 30.6 Å². The summed E-state index contributed by atoms with van der Waals surface area (Å²) in [4.78, 5) is 0. The maximum Gasteiger partial charge on any atom is 0.485 e. The van der Waals surface area contributed by atoms with Crippen molar-refractivity contribution >= 4 is 10.1 Å². The Labute approximate surface area is 144 Å². The zero-order valence-electron chi connectivity index (χ0n) is 14.9. The van der Waals surface area contributed by atoms with Gasteiger partial charge in [-0.1, -0.05) is 32.6 Å². The molecule has 0 spiro atoms. The summed E-state index contributed by atoms with van der Waals surface area (Å²) in [5, 5.41) is 0. The van der Waals surface area contributed by atoms with Crippen LogP contribution in [0.1, 0.15) is 71.6 Å². The fraction of sp³-hybridized carbons (Fsp3) is 1.00. The fourth-order valence-electron chi connectivity index (χ4n) is 3.11. The lowest BCUT2D eigenvalue weighted by atomic mass is 10.1. The first kappa shape index (κ1) is 23.7. The maximum atomic E-state index is 10.7. The molecule has 4 nitrogen and oxygen atoms in total. The van der Waals surface area contributed by atoms with Crippen molar-refractivity contribution in [3.63, 3.8) is 0 Å². The van der Waals surface area contributed by atoms with E-state index >= 15 is 0 Å². The van der Waals surface area contributed by atoms with Crippen molar-refractivity contribution in [3.05, 3.63) is 0 Å². The van der Waals surface area contributed by atoms with Crippen molar-refractivity contribution in [1.29, 1.82) is 0 Å². The molecule has 1 aliphatic heterocycles. The molecule has 0 saturated carbocycles. The molecule has 1 saturated heterocycles. The second-order valence-corrected chi connectivity index (χ2v) is 7.93. The number of hydrogen-bond acceptors (Lipinski definition) is 3. The molecule has 0 amide bonds. The largest absolute Gasteiger partial charge is 0.741 e. The molecule has 8 heteroatoms. The first-order chi connectivity index (χ1) is 11.1. The lowest BCUT2D eigenvalue weighted by molar-refractivity contribution is -0.931. The minimum Gasteiger partial charge on any atom is -0.741 e. The van der Waals surface area contributed by atoms with Crippen LogP contribution in [-0.2, 0) is 10.1 Å². The van der Waals surface area contributed by atoms with Gasteiger partial charge in [-0.3, -0.25) is 0 Å². The predicted molar refractivity (Wildman–Crippen MR) is 88.4 cm³/mol. The molecule has 24 heavy (non-hydrogen) atoms. The minimum atomic E-state index is -6.09. The number of likely N-dealkylation sites (tertiary alicyclic amines) is 1. The number of quaternary nitrogens is 1. The van der Waals surface area contributed by atoms with Gasteiger partial charge < -0.3 is 9.04 Å². The molecular formula is C16H32F3NO3S. The fourth-order valence-corrected chi connectivity index (χ4v) is 3.11. The standard InChI is InChI=1S/C15H32N.CHF3O3S/c1-3-5-6-7-8-10-13-16(4-2)14-11-9-12-15-16;2-1(3,4)8(5,6)7/h3-15H2,1-2H3;(H,5,6,7)/q+1;/p-1. The molecule has 0 aromatic carbocycles. The smallest absolute Gasteiger partial charge is 0.485 e. The second kappa shape index (κ2) is 11.3. The highest BCUT2D eigenvalue weighted by Crippen LogP contribution is 2.21. The summed E-state index contributed by atoms with van der Waals surface area (Å²) < 4.78 is 60.3. The van der Waals surface area contributed by atoms with Gasteiger partial charge in [0, 0.05) is 0 Å². The van der Waals surface area contributed by atoms with E-state index in [9.17, 15) is 13.2 Å². The number of hydrogen-bond donors (Lipinski definition) is 0. The van der Waals surface area contributed by atoms with Crippen LogP contribution < -0.4 is 0 Å². The van der Waals surface area contributed by atoms with Gasteiger partial charge in [-0.05, 0) is 39.0 Å². The molecule has 0 aromatic heterocycles. The van der Waals surface area contributed by atoms with Crippen LogP contribution in [0.5, 0.6) is 0 Å². The van der Waals surface area contributed by atoms with Gasteiger partial charge in [-0.25, -0.2) is 8.42 Å². The zero-order chi connectivity index (χ0) is 18.7. The van der Waals surface area contributed by atoms with Crippen LogP contribution >= 0.6 is 0 Å². The van der Waals surface area contributed by atoms with Crippen LogP contribution in [0.3, 0.4) is 0 Å². The summed E-state index contributed by atoms with van der Waals surface area (Å²) in [6, 6.07) is 0. The summed E-state index contributed by atoms with van der Waals surface area (Å²) >= 11 is 0. The van der Waals surface area contributed by atoms with Crippen molar-refractivity contribution in [2.24, 2.45) is 0 Å². The van der Waals surface area contributed by atoms with E-state index in [1.54, 1.807) is 0 Å². The van der Waals surface area contributed by atoms with Crippen LogP contribution in [0, 0.1) is 0 Å². The van der Waals surface area contributed by atoms with E-state index in [0.29, 0.717) is 0 Å². The van der Waals surface area contributed by atoms with Gasteiger partial charge in [-0.2, -0.15) is 13.2 Å². The summed E-state index contributed by atoms with van der Waals surface area (Å²) in [6.07, 6.45) is 13.1. The van der Waals surface area contributed by atoms with E-state index in [1.807, 2.05) is 0 Å². The number of alkyl halides is 3. The molecule has 0 radical (unpaired) electrons. The predicted octanol–water partition coefficient (Wildman–Crippen LogP) is 4.42. The number of nitrogens with zero attached hydrogens (tertiary/aromatic N) is 1. The van der Waals surface area contributed by atoms with Gasteiger partial charge in [0.15, 0.2) is 10.1 Å². The van der Waals surface area contributed by atoms with E-state index in [-0.39, 0.29) is 0 Å². The Morgan fingerprint density at radius 1 is 0.917 bits per heavy atom. The number of halogens is 3. The lowest BCUT2D eigenvalue weighted by Gasteiger charge is -2.41. The Balaban J connectivity index is 0.000000561. The van der Waals surface area contributed by atoms with Crippen LogP contribution in [0.15, 0.2) is 0 Å². The number of piperidine rings is 1. The highest BCUT2D eigenvalue weighted by molar-refractivity contribution is 7.86. The third kappa shape index (κ3) is 9.84. The van der Waals surface area contributed by atoms with Crippen molar-refractivity contribution in [1.82, 2.24) is 0 Å². The van der Waals surface area contributed by atoms with Gasteiger partial charge in [0.05, 0.1) is 26.2 Å². The highest BCUT2D eigenvalue weighted by atomic mass is 32.2. The van der Waals surface area contributed by atoms with Gasteiger partial charge in [0.25, 0.3) is 0 Å². The molecule has 0 aliphatic carbocycles. The Bertz CT molecular complexity index is 419. The molecule has 1 heterocycles. The molecule has 1 fully saturated rings. The zero-order valence-corrected chi connectivity index (χ0v) is 15.7. The van der Waals surface area contributed by atoms with Gasteiger partial charge in [0.2, 0.25) is 0 Å². The molecule has 0 aromatic rings. The lowest BCUT2D eigenvalue weighted by Crippen LogP contribution is -2.51. The molecular weight excluding hydrogens is 343 g/mol. The molecule has 0 atom stereocenters. The average Bonchev–Trinajstić information content (AvgIpc) is 2.50. The quantitative estimate of drug-likeness (QED) is 0.273. The molecule has 1 rings (SSSR count). The average molecular weight is 375 g/mol. The van der Waals surface area contributed by atoms with Crippen molar-refractivity contribution in [3.8, 4) is 0 Å². The van der Waals surface area contributed by atoms with E-state index < -0.39 is 15.6 Å². The monoisotopic (exact) mass is 375 g/mol. The number of unbranched alkanes of at least 4 members (excludes halogenated alkanes) is 5. The van der Waals surface area contributed by atoms with E-state index in [1.165, 1.54) is 88.4 Å². The van der Waals surface area contributed by atoms with Gasteiger partial charge >= 0.3 is 5.51 Å². The Kier molecular flexibility index (Phi) is 11.1. The Morgan fingerprint density at radius 2 is 1.38 bits per heavy atom. The maximum absolute atomic E-state index is 10.7. The van der Waals surface area contributed by atoms with Crippen LogP contribution in [0.25, 0.3) is 0 Å². The SMILES string of the molecule is CCCCCCCC[N+]1(CC)CCCCC1.O=S(=O)([O-])C(F)(F)F. The first-order valence-corrected chi connectivity index (χ1v) is 10.4. The van der Waals surface area contributed by atoms with E-state index in [0.717, 1.165) is 0 Å². The summed E-state index contributed by atoms with van der Waals surface area (Å²) in [6.45, 7) is 10.4. The van der Waals surface area contributed by atoms with Crippen molar-refractivity contribution in [2.45, 2.75) is 77.1 Å². The normalized spacial score (nSPS) is 17.9. The van der Waals surface area contributed by atoms with Crippen LogP contribution in [0.4, 0.5) is 13.2 Å². The van der Waals surface area contributed by atoms with Crippen LogP contribution in [-0.4, -0.2) is 49.1 Å². The minimum absolute atomic E-state index is 1.37. The van der Waals surface area contributed by atoms with Crippen LogP contribution in [0.2, 0.25) is 0 Å². The molecule has 0 unspecified atom stereocenters.